The average molecular weight is 261 g/mol. The van der Waals surface area contributed by atoms with Gasteiger partial charge in [0.25, 0.3) is 0 Å². The van der Waals surface area contributed by atoms with E-state index in [1.807, 2.05) is 7.11 Å². The van der Waals surface area contributed by atoms with Crippen molar-refractivity contribution in [3.63, 3.8) is 0 Å². The summed E-state index contributed by atoms with van der Waals surface area (Å²) in [6, 6.07) is 11.4. The van der Waals surface area contributed by atoms with E-state index >= 15 is 0 Å². The summed E-state index contributed by atoms with van der Waals surface area (Å²) in [4.78, 5) is 0. The van der Waals surface area contributed by atoms with E-state index in [4.69, 9.17) is 4.74 Å². The predicted molar refractivity (Wildman–Crippen MR) is 80.5 cm³/mol. The van der Waals surface area contributed by atoms with Crippen LogP contribution in [-0.4, -0.2) is 25.8 Å². The molecule has 1 saturated carbocycles. The van der Waals surface area contributed by atoms with E-state index in [9.17, 15) is 0 Å². The third-order valence-electron chi connectivity index (χ3n) is 4.80. The monoisotopic (exact) mass is 261 g/mol. The minimum Gasteiger partial charge on any atom is -0.381 e. The molecule has 0 spiro atoms. The van der Waals surface area contributed by atoms with Crippen LogP contribution in [0.3, 0.4) is 0 Å². The second-order valence-electron chi connectivity index (χ2n) is 6.39. The number of methoxy groups -OCH3 is 1. The molecule has 1 aromatic rings. The number of hydrogen-bond acceptors (Lipinski definition) is 2. The van der Waals surface area contributed by atoms with Gasteiger partial charge in [0.2, 0.25) is 0 Å². The maximum atomic E-state index is 5.49. The molecule has 19 heavy (non-hydrogen) atoms. The zero-order valence-electron chi connectivity index (χ0n) is 12.6. The molecule has 106 valence electrons. The Kier molecular flexibility index (Phi) is 4.64. The van der Waals surface area contributed by atoms with Gasteiger partial charge in [-0.3, -0.25) is 0 Å². The van der Waals surface area contributed by atoms with Gasteiger partial charge >= 0.3 is 0 Å². The van der Waals surface area contributed by atoms with Crippen LogP contribution in [0.5, 0.6) is 0 Å². The summed E-state index contributed by atoms with van der Waals surface area (Å²) in [6.07, 6.45) is 2.74. The summed E-state index contributed by atoms with van der Waals surface area (Å²) >= 11 is 0. The lowest BCUT2D eigenvalue weighted by Gasteiger charge is -2.51. The Morgan fingerprint density at radius 3 is 2.58 bits per heavy atom. The highest BCUT2D eigenvalue weighted by Crippen LogP contribution is 2.42. The molecule has 3 atom stereocenters. The molecular formula is C17H27NO. The zero-order chi connectivity index (χ0) is 13.9. The molecule has 0 heterocycles. The van der Waals surface area contributed by atoms with Crippen LogP contribution < -0.4 is 5.32 Å². The SMILES string of the molecule is COC1CC(NCCC(C)c2ccccc2)C1(C)C. The third-order valence-corrected chi connectivity index (χ3v) is 4.80. The molecule has 3 unspecified atom stereocenters. The summed E-state index contributed by atoms with van der Waals surface area (Å²) < 4.78 is 5.49. The molecule has 0 aliphatic heterocycles. The standard InChI is InChI=1S/C17H27NO/c1-13(14-8-6-5-7-9-14)10-11-18-15-12-16(19-4)17(15,2)3/h5-9,13,15-16,18H,10-12H2,1-4H3. The van der Waals surface area contributed by atoms with Gasteiger partial charge in [0.05, 0.1) is 6.10 Å². The summed E-state index contributed by atoms with van der Waals surface area (Å²) in [7, 11) is 1.82. The number of hydrogen-bond donors (Lipinski definition) is 1. The van der Waals surface area contributed by atoms with E-state index in [0.717, 1.165) is 13.0 Å². The first kappa shape index (κ1) is 14.5. The first-order valence-corrected chi connectivity index (χ1v) is 7.36. The number of ether oxygens (including phenoxy) is 1. The fourth-order valence-corrected chi connectivity index (χ4v) is 3.05. The van der Waals surface area contributed by atoms with Gasteiger partial charge in [0, 0.05) is 18.6 Å². The summed E-state index contributed by atoms with van der Waals surface area (Å²) in [5.74, 6) is 0.620. The Bertz CT molecular complexity index is 388. The highest BCUT2D eigenvalue weighted by atomic mass is 16.5. The summed E-state index contributed by atoms with van der Waals surface area (Å²) in [5, 5.41) is 3.69. The number of benzene rings is 1. The predicted octanol–water partition coefficient (Wildman–Crippen LogP) is 3.58. The van der Waals surface area contributed by atoms with Crippen molar-refractivity contribution in [2.75, 3.05) is 13.7 Å². The van der Waals surface area contributed by atoms with Crippen LogP contribution in [0, 0.1) is 5.41 Å². The maximum Gasteiger partial charge on any atom is 0.0652 e. The number of rotatable bonds is 6. The lowest BCUT2D eigenvalue weighted by molar-refractivity contribution is -0.0973. The van der Waals surface area contributed by atoms with Crippen LogP contribution in [0.15, 0.2) is 30.3 Å². The molecule has 2 nitrogen and oxygen atoms in total. The lowest BCUT2D eigenvalue weighted by atomic mass is 9.64. The van der Waals surface area contributed by atoms with Crippen molar-refractivity contribution in [3.05, 3.63) is 35.9 Å². The van der Waals surface area contributed by atoms with E-state index in [0.29, 0.717) is 18.1 Å². The highest BCUT2D eigenvalue weighted by molar-refractivity contribution is 5.18. The van der Waals surface area contributed by atoms with Crippen molar-refractivity contribution < 1.29 is 4.74 Å². The van der Waals surface area contributed by atoms with Crippen molar-refractivity contribution >= 4 is 0 Å². The second-order valence-corrected chi connectivity index (χ2v) is 6.39. The van der Waals surface area contributed by atoms with Crippen LogP contribution in [0.1, 0.15) is 45.1 Å². The molecule has 0 bridgehead atoms. The van der Waals surface area contributed by atoms with Gasteiger partial charge in [-0.15, -0.1) is 0 Å². The summed E-state index contributed by atoms with van der Waals surface area (Å²) in [5.41, 5.74) is 1.71. The molecule has 1 aromatic carbocycles. The molecule has 2 heteroatoms. The molecule has 0 aromatic heterocycles. The Morgan fingerprint density at radius 1 is 1.32 bits per heavy atom. The Balaban J connectivity index is 1.73. The molecule has 2 rings (SSSR count). The molecule has 1 aliphatic rings. The maximum absolute atomic E-state index is 5.49. The summed E-state index contributed by atoms with van der Waals surface area (Å²) in [6.45, 7) is 7.98. The molecule has 1 aliphatic carbocycles. The highest BCUT2D eigenvalue weighted by Gasteiger charge is 2.47. The molecule has 0 amide bonds. The molecule has 0 radical (unpaired) electrons. The van der Waals surface area contributed by atoms with Crippen molar-refractivity contribution in [1.29, 1.82) is 0 Å². The van der Waals surface area contributed by atoms with Gasteiger partial charge < -0.3 is 10.1 Å². The van der Waals surface area contributed by atoms with Gasteiger partial charge in [-0.2, -0.15) is 0 Å². The average Bonchev–Trinajstić information content (AvgIpc) is 2.42. The van der Waals surface area contributed by atoms with Crippen molar-refractivity contribution in [2.45, 2.75) is 51.7 Å². The zero-order valence-corrected chi connectivity index (χ0v) is 12.6. The first-order chi connectivity index (χ1) is 9.05. The van der Waals surface area contributed by atoms with E-state index in [1.165, 1.54) is 12.0 Å². The quantitative estimate of drug-likeness (QED) is 0.845. The van der Waals surface area contributed by atoms with Gasteiger partial charge in [-0.05, 0) is 30.9 Å². The fraction of sp³-hybridized carbons (Fsp3) is 0.647. The van der Waals surface area contributed by atoms with Crippen molar-refractivity contribution in [1.82, 2.24) is 5.32 Å². The molecule has 0 saturated heterocycles. The smallest absolute Gasteiger partial charge is 0.0652 e. The normalized spacial score (nSPS) is 26.7. The van der Waals surface area contributed by atoms with E-state index in [-0.39, 0.29) is 5.41 Å². The van der Waals surface area contributed by atoms with Crippen molar-refractivity contribution in [2.24, 2.45) is 5.41 Å². The van der Waals surface area contributed by atoms with Crippen LogP contribution in [0.25, 0.3) is 0 Å². The van der Waals surface area contributed by atoms with E-state index in [1.54, 1.807) is 0 Å². The van der Waals surface area contributed by atoms with Crippen molar-refractivity contribution in [3.8, 4) is 0 Å². The minimum atomic E-state index is 0.269. The van der Waals surface area contributed by atoms with Crippen LogP contribution >= 0.6 is 0 Å². The second kappa shape index (κ2) is 6.06. The first-order valence-electron chi connectivity index (χ1n) is 7.36. The van der Waals surface area contributed by atoms with Gasteiger partial charge in [0.1, 0.15) is 0 Å². The van der Waals surface area contributed by atoms with Crippen LogP contribution in [-0.2, 0) is 4.74 Å². The Morgan fingerprint density at radius 2 is 2.00 bits per heavy atom. The fourth-order valence-electron chi connectivity index (χ4n) is 3.05. The minimum absolute atomic E-state index is 0.269. The van der Waals surface area contributed by atoms with E-state index in [2.05, 4.69) is 56.4 Å². The van der Waals surface area contributed by atoms with E-state index < -0.39 is 0 Å². The van der Waals surface area contributed by atoms with Crippen LogP contribution in [0.4, 0.5) is 0 Å². The molecular weight excluding hydrogens is 234 g/mol. The third kappa shape index (κ3) is 3.18. The molecule has 1 fully saturated rings. The largest absolute Gasteiger partial charge is 0.381 e. The van der Waals surface area contributed by atoms with Gasteiger partial charge in [-0.25, -0.2) is 0 Å². The lowest BCUT2D eigenvalue weighted by Crippen LogP contribution is -2.60. The van der Waals surface area contributed by atoms with Gasteiger partial charge in [0.15, 0.2) is 0 Å². The topological polar surface area (TPSA) is 21.3 Å². The van der Waals surface area contributed by atoms with Gasteiger partial charge in [-0.1, -0.05) is 51.1 Å². The Hall–Kier alpha value is -0.860. The van der Waals surface area contributed by atoms with Crippen LogP contribution in [0.2, 0.25) is 0 Å². The number of nitrogens with one attached hydrogen (secondary N) is 1. The molecule has 1 N–H and O–H groups in total. The Labute approximate surface area is 117 Å².